The average molecular weight is 256 g/mol. The SMILES string of the molecule is CCOC(=O)c1cc2c(s1)SC(=N)ON=C2. The fourth-order valence-corrected chi connectivity index (χ4v) is 2.99. The smallest absolute Gasteiger partial charge is 0.348 e. The summed E-state index contributed by atoms with van der Waals surface area (Å²) >= 11 is 2.41. The lowest BCUT2D eigenvalue weighted by atomic mass is 10.3. The molecule has 2 heterocycles. The van der Waals surface area contributed by atoms with Gasteiger partial charge in [-0.1, -0.05) is 5.16 Å². The van der Waals surface area contributed by atoms with Gasteiger partial charge in [0.1, 0.15) is 4.88 Å². The molecule has 0 saturated carbocycles. The summed E-state index contributed by atoms with van der Waals surface area (Å²) in [5.41, 5.74) is 0.778. The van der Waals surface area contributed by atoms with E-state index in [1.807, 2.05) is 0 Å². The van der Waals surface area contributed by atoms with E-state index in [4.69, 9.17) is 15.0 Å². The minimum Gasteiger partial charge on any atom is -0.462 e. The minimum absolute atomic E-state index is 0.00717. The van der Waals surface area contributed by atoms with Crippen LogP contribution in [0.4, 0.5) is 0 Å². The quantitative estimate of drug-likeness (QED) is 0.824. The molecule has 0 saturated heterocycles. The average Bonchev–Trinajstić information content (AvgIpc) is 2.54. The predicted molar refractivity (Wildman–Crippen MR) is 62.5 cm³/mol. The highest BCUT2D eigenvalue weighted by Gasteiger charge is 2.18. The summed E-state index contributed by atoms with van der Waals surface area (Å²) in [5, 5.41) is 11.0. The highest BCUT2D eigenvalue weighted by Crippen LogP contribution is 2.34. The molecule has 0 aromatic carbocycles. The number of carbonyl (C=O) groups excluding carboxylic acids is 1. The van der Waals surface area contributed by atoms with Crippen LogP contribution >= 0.6 is 23.1 Å². The first kappa shape index (κ1) is 11.2. The van der Waals surface area contributed by atoms with Crippen molar-refractivity contribution in [2.24, 2.45) is 5.16 Å². The molecule has 1 aliphatic heterocycles. The van der Waals surface area contributed by atoms with Crippen molar-refractivity contribution in [1.82, 2.24) is 0 Å². The number of oxime groups is 1. The lowest BCUT2D eigenvalue weighted by Crippen LogP contribution is -2.01. The standard InChI is InChI=1S/C9H8N2O3S2/c1-2-13-7(12)6-3-5-4-11-14-9(10)16-8(5)15-6/h3-4,10H,2H2,1H3. The van der Waals surface area contributed by atoms with Crippen molar-refractivity contribution in [3.63, 3.8) is 0 Å². The molecule has 0 aliphatic carbocycles. The number of esters is 1. The minimum atomic E-state index is -0.345. The van der Waals surface area contributed by atoms with Crippen molar-refractivity contribution >= 4 is 40.5 Å². The molecule has 1 aromatic heterocycles. The highest BCUT2D eigenvalue weighted by molar-refractivity contribution is 8.14. The normalized spacial score (nSPS) is 13.9. The van der Waals surface area contributed by atoms with E-state index in [9.17, 15) is 4.79 Å². The van der Waals surface area contributed by atoms with Crippen molar-refractivity contribution in [3.05, 3.63) is 16.5 Å². The molecule has 0 atom stereocenters. The van der Waals surface area contributed by atoms with Gasteiger partial charge in [-0.25, -0.2) is 4.79 Å². The Kier molecular flexibility index (Phi) is 3.25. The Balaban J connectivity index is 2.29. The molecule has 2 rings (SSSR count). The summed E-state index contributed by atoms with van der Waals surface area (Å²) in [7, 11) is 0. The van der Waals surface area contributed by atoms with Gasteiger partial charge >= 0.3 is 5.97 Å². The number of nitrogens with zero attached hydrogens (tertiary/aromatic N) is 1. The van der Waals surface area contributed by atoms with Crippen molar-refractivity contribution in [1.29, 1.82) is 5.41 Å². The molecule has 0 bridgehead atoms. The van der Waals surface area contributed by atoms with E-state index in [1.165, 1.54) is 17.6 Å². The zero-order valence-electron chi connectivity index (χ0n) is 8.35. The van der Waals surface area contributed by atoms with Gasteiger partial charge in [-0.2, -0.15) is 0 Å². The number of thioether (sulfide) groups is 1. The second kappa shape index (κ2) is 4.67. The second-order valence-electron chi connectivity index (χ2n) is 2.79. The first-order chi connectivity index (χ1) is 7.70. The van der Waals surface area contributed by atoms with Crippen molar-refractivity contribution in [2.45, 2.75) is 11.1 Å². The van der Waals surface area contributed by atoms with E-state index in [2.05, 4.69) is 5.16 Å². The highest BCUT2D eigenvalue weighted by atomic mass is 32.2. The third-order valence-corrected chi connectivity index (χ3v) is 3.82. The van der Waals surface area contributed by atoms with E-state index in [-0.39, 0.29) is 11.2 Å². The first-order valence-corrected chi connectivity index (χ1v) is 6.11. The van der Waals surface area contributed by atoms with Crippen LogP contribution in [0.15, 0.2) is 15.4 Å². The van der Waals surface area contributed by atoms with Gasteiger partial charge in [0.25, 0.3) is 5.23 Å². The summed E-state index contributed by atoms with van der Waals surface area (Å²) in [4.78, 5) is 16.7. The van der Waals surface area contributed by atoms with Crippen molar-refractivity contribution in [3.8, 4) is 0 Å². The number of rotatable bonds is 2. The second-order valence-corrected chi connectivity index (χ2v) is 5.08. The Bertz CT molecular complexity index is 467. The monoisotopic (exact) mass is 256 g/mol. The van der Waals surface area contributed by atoms with Crippen molar-refractivity contribution in [2.75, 3.05) is 6.61 Å². The fourth-order valence-electron chi connectivity index (χ4n) is 1.09. The van der Waals surface area contributed by atoms with Crippen LogP contribution in [-0.4, -0.2) is 24.0 Å². The maximum atomic E-state index is 11.5. The van der Waals surface area contributed by atoms with Crippen LogP contribution in [0.2, 0.25) is 0 Å². The Hall–Kier alpha value is -1.34. The van der Waals surface area contributed by atoms with Crippen LogP contribution in [-0.2, 0) is 9.57 Å². The van der Waals surface area contributed by atoms with Crippen LogP contribution in [0.5, 0.6) is 0 Å². The molecular formula is C9H8N2O3S2. The van der Waals surface area contributed by atoms with Gasteiger partial charge in [-0.15, -0.1) is 11.3 Å². The Morgan fingerprint density at radius 1 is 1.69 bits per heavy atom. The fraction of sp³-hybridized carbons (Fsp3) is 0.222. The van der Waals surface area contributed by atoms with Gasteiger partial charge in [0, 0.05) is 5.56 Å². The third-order valence-electron chi connectivity index (χ3n) is 1.71. The number of fused-ring (bicyclic) bond motifs is 1. The van der Waals surface area contributed by atoms with Crippen LogP contribution in [0.25, 0.3) is 0 Å². The van der Waals surface area contributed by atoms with E-state index >= 15 is 0 Å². The van der Waals surface area contributed by atoms with Gasteiger partial charge in [0.2, 0.25) is 0 Å². The van der Waals surface area contributed by atoms with Gasteiger partial charge < -0.3 is 9.57 Å². The molecule has 1 N–H and O–H groups in total. The van der Waals surface area contributed by atoms with Gasteiger partial charge in [-0.05, 0) is 24.8 Å². The number of hydrogen-bond acceptors (Lipinski definition) is 7. The van der Waals surface area contributed by atoms with Crippen LogP contribution in [0.3, 0.4) is 0 Å². The van der Waals surface area contributed by atoms with E-state index < -0.39 is 0 Å². The molecule has 0 unspecified atom stereocenters. The summed E-state index contributed by atoms with van der Waals surface area (Å²) in [6.45, 7) is 2.11. The maximum Gasteiger partial charge on any atom is 0.348 e. The Labute approximate surface area is 99.9 Å². The first-order valence-electron chi connectivity index (χ1n) is 4.48. The van der Waals surface area contributed by atoms with Crippen LogP contribution in [0, 0.1) is 5.41 Å². The molecule has 1 aliphatic rings. The predicted octanol–water partition coefficient (Wildman–Crippen LogP) is 2.32. The zero-order valence-corrected chi connectivity index (χ0v) is 9.98. The Morgan fingerprint density at radius 3 is 3.25 bits per heavy atom. The molecule has 5 nitrogen and oxygen atoms in total. The molecule has 0 amide bonds. The molecule has 0 spiro atoms. The summed E-state index contributed by atoms with van der Waals surface area (Å²) in [6, 6.07) is 1.69. The Morgan fingerprint density at radius 2 is 2.50 bits per heavy atom. The van der Waals surface area contributed by atoms with Gasteiger partial charge in [0.15, 0.2) is 0 Å². The zero-order chi connectivity index (χ0) is 11.5. The number of hydrogen-bond donors (Lipinski definition) is 1. The van der Waals surface area contributed by atoms with Crippen LogP contribution in [0.1, 0.15) is 22.2 Å². The van der Waals surface area contributed by atoms with Gasteiger partial charge in [0.05, 0.1) is 17.0 Å². The van der Waals surface area contributed by atoms with Crippen molar-refractivity contribution < 1.29 is 14.4 Å². The number of thiophene rings is 1. The molecule has 0 radical (unpaired) electrons. The largest absolute Gasteiger partial charge is 0.462 e. The topological polar surface area (TPSA) is 71.7 Å². The molecule has 0 fully saturated rings. The maximum absolute atomic E-state index is 11.5. The molecular weight excluding hydrogens is 248 g/mol. The van der Waals surface area contributed by atoms with Gasteiger partial charge in [-0.3, -0.25) is 5.41 Å². The molecule has 84 valence electrons. The lowest BCUT2D eigenvalue weighted by molar-refractivity contribution is 0.0532. The number of nitrogens with one attached hydrogen (secondary N) is 1. The summed E-state index contributed by atoms with van der Waals surface area (Å²) in [5.74, 6) is -0.345. The number of carbonyl (C=O) groups is 1. The van der Waals surface area contributed by atoms with Crippen LogP contribution < -0.4 is 0 Å². The lowest BCUT2D eigenvalue weighted by Gasteiger charge is -1.97. The molecule has 16 heavy (non-hydrogen) atoms. The van der Waals surface area contributed by atoms with E-state index in [0.29, 0.717) is 11.5 Å². The number of ether oxygens (including phenoxy) is 1. The third kappa shape index (κ3) is 2.25. The molecule has 7 heteroatoms. The van der Waals surface area contributed by atoms with E-state index in [1.54, 1.807) is 13.0 Å². The summed E-state index contributed by atoms with van der Waals surface area (Å²) < 4.78 is 5.71. The summed E-state index contributed by atoms with van der Waals surface area (Å²) in [6.07, 6.45) is 1.49. The van der Waals surface area contributed by atoms with E-state index in [0.717, 1.165) is 21.5 Å². The molecule has 1 aromatic rings.